The third kappa shape index (κ3) is 2.96. The minimum absolute atomic E-state index is 0.0479. The van der Waals surface area contributed by atoms with E-state index in [1.54, 1.807) is 22.8 Å². The standard InChI is InChI=1S/C21H24N6O3S/c1-12-2-6-15(7-3-12)31(29,30)27-18-13(9-28)8-16(19(18)27)26-11-24-17-20(25-14-4-5-14)22-10-23-21(17)26/h2-3,6-7,10-11,13-14,16,18-19,28H,4-5,8-9H2,1H3,(H,22,23,25)/t13-,16-,18-,19+,27?/m0/s1. The Kier molecular flexibility index (Phi) is 4.15. The molecule has 0 bridgehead atoms. The first-order valence-corrected chi connectivity index (χ1v) is 12.1. The number of fused-ring (bicyclic) bond motifs is 2. The summed E-state index contributed by atoms with van der Waals surface area (Å²) in [6, 6.07) is 6.81. The highest BCUT2D eigenvalue weighted by molar-refractivity contribution is 7.89. The van der Waals surface area contributed by atoms with Gasteiger partial charge in [-0.3, -0.25) is 0 Å². The van der Waals surface area contributed by atoms with Gasteiger partial charge in [-0.25, -0.2) is 23.4 Å². The number of rotatable bonds is 6. The average Bonchev–Trinajstić information content (AvgIpc) is 3.64. The van der Waals surface area contributed by atoms with Gasteiger partial charge in [0, 0.05) is 24.6 Å². The molecule has 1 aliphatic heterocycles. The van der Waals surface area contributed by atoms with Crippen molar-refractivity contribution in [2.75, 3.05) is 11.9 Å². The zero-order chi connectivity index (χ0) is 21.3. The van der Waals surface area contributed by atoms with Gasteiger partial charge < -0.3 is 15.0 Å². The molecule has 3 aliphatic rings. The molecule has 1 saturated heterocycles. The highest BCUT2D eigenvalue weighted by Gasteiger charge is 2.66. The van der Waals surface area contributed by atoms with Gasteiger partial charge in [-0.1, -0.05) is 17.7 Å². The molecule has 31 heavy (non-hydrogen) atoms. The predicted octanol–water partition coefficient (Wildman–Crippen LogP) is 1.70. The quantitative estimate of drug-likeness (QED) is 0.561. The fourth-order valence-corrected chi connectivity index (χ4v) is 6.83. The van der Waals surface area contributed by atoms with Crippen molar-refractivity contribution in [2.45, 2.75) is 55.2 Å². The van der Waals surface area contributed by atoms with E-state index in [2.05, 4.69) is 20.3 Å². The van der Waals surface area contributed by atoms with Crippen LogP contribution in [-0.4, -0.2) is 62.1 Å². The van der Waals surface area contributed by atoms with E-state index >= 15 is 0 Å². The molecule has 2 aliphatic carbocycles. The van der Waals surface area contributed by atoms with Gasteiger partial charge >= 0.3 is 0 Å². The monoisotopic (exact) mass is 440 g/mol. The first-order chi connectivity index (χ1) is 15.0. The van der Waals surface area contributed by atoms with Crippen molar-refractivity contribution in [1.29, 1.82) is 0 Å². The van der Waals surface area contributed by atoms with Gasteiger partial charge in [0.05, 0.1) is 23.3 Å². The number of piperidine rings is 1. The lowest BCUT2D eigenvalue weighted by Crippen LogP contribution is -2.27. The maximum absolute atomic E-state index is 13.3. The van der Waals surface area contributed by atoms with Crippen molar-refractivity contribution >= 4 is 27.0 Å². The van der Waals surface area contributed by atoms with Gasteiger partial charge in [-0.05, 0) is 38.3 Å². The van der Waals surface area contributed by atoms with E-state index in [0.29, 0.717) is 23.6 Å². The number of nitrogens with one attached hydrogen (secondary N) is 1. The number of imidazole rings is 1. The Morgan fingerprint density at radius 3 is 2.61 bits per heavy atom. The molecule has 3 aromatic rings. The van der Waals surface area contributed by atoms with Crippen LogP contribution >= 0.6 is 0 Å². The molecular weight excluding hydrogens is 416 g/mol. The number of hydrogen-bond acceptors (Lipinski definition) is 7. The molecule has 9 nitrogen and oxygen atoms in total. The summed E-state index contributed by atoms with van der Waals surface area (Å²) in [5.41, 5.74) is 2.41. The molecule has 2 N–H and O–H groups in total. The van der Waals surface area contributed by atoms with Crippen LogP contribution in [0.2, 0.25) is 0 Å². The molecule has 1 unspecified atom stereocenters. The van der Waals surface area contributed by atoms with Gasteiger partial charge in [0.1, 0.15) is 11.8 Å². The predicted molar refractivity (Wildman–Crippen MR) is 114 cm³/mol. The van der Waals surface area contributed by atoms with Gasteiger partial charge in [0.25, 0.3) is 0 Å². The molecule has 2 aromatic heterocycles. The molecule has 2 saturated carbocycles. The van der Waals surface area contributed by atoms with E-state index in [4.69, 9.17) is 0 Å². The highest BCUT2D eigenvalue weighted by Crippen LogP contribution is 2.55. The molecular formula is C21H24N6O3S. The minimum atomic E-state index is -3.63. The number of aliphatic hydroxyl groups is 1. The number of aromatic nitrogens is 4. The zero-order valence-electron chi connectivity index (χ0n) is 17.1. The second kappa shape index (κ2) is 6.72. The van der Waals surface area contributed by atoms with Crippen LogP contribution in [0, 0.1) is 12.8 Å². The van der Waals surface area contributed by atoms with Crippen LogP contribution in [0.15, 0.2) is 41.8 Å². The highest BCUT2D eigenvalue weighted by atomic mass is 32.2. The molecule has 6 rings (SSSR count). The Hall–Kier alpha value is -2.56. The molecule has 3 heterocycles. The van der Waals surface area contributed by atoms with Crippen LogP contribution in [-0.2, 0) is 10.0 Å². The topological polar surface area (TPSA) is 113 Å². The van der Waals surface area contributed by atoms with E-state index in [1.165, 1.54) is 6.33 Å². The summed E-state index contributed by atoms with van der Waals surface area (Å²) in [4.78, 5) is 13.6. The molecule has 10 heteroatoms. The third-order valence-corrected chi connectivity index (χ3v) is 8.64. The van der Waals surface area contributed by atoms with Crippen molar-refractivity contribution in [2.24, 2.45) is 5.92 Å². The summed E-state index contributed by atoms with van der Waals surface area (Å²) in [6.07, 6.45) is 6.20. The molecule has 5 atom stereocenters. The van der Waals surface area contributed by atoms with E-state index in [-0.39, 0.29) is 35.5 Å². The number of aliphatic hydroxyl groups excluding tert-OH is 1. The number of benzene rings is 1. The van der Waals surface area contributed by atoms with Gasteiger partial charge in [0.2, 0.25) is 10.0 Å². The van der Waals surface area contributed by atoms with Gasteiger partial charge in [0.15, 0.2) is 11.5 Å². The van der Waals surface area contributed by atoms with E-state index < -0.39 is 10.0 Å². The van der Waals surface area contributed by atoms with Crippen LogP contribution in [0.5, 0.6) is 0 Å². The molecule has 1 aromatic carbocycles. The molecule has 162 valence electrons. The number of aryl methyl sites for hydroxylation is 1. The maximum Gasteiger partial charge on any atom is 0.243 e. The summed E-state index contributed by atoms with van der Waals surface area (Å²) >= 11 is 0. The fourth-order valence-electron chi connectivity index (χ4n) is 4.95. The average molecular weight is 441 g/mol. The lowest BCUT2D eigenvalue weighted by Gasteiger charge is -2.21. The first kappa shape index (κ1) is 19.1. The first-order valence-electron chi connectivity index (χ1n) is 10.6. The van der Waals surface area contributed by atoms with Crippen molar-refractivity contribution < 1.29 is 13.5 Å². The second-order valence-electron chi connectivity index (χ2n) is 8.84. The molecule has 0 spiro atoms. The Morgan fingerprint density at radius 1 is 1.13 bits per heavy atom. The maximum atomic E-state index is 13.3. The van der Waals surface area contributed by atoms with E-state index in [1.807, 2.05) is 23.6 Å². The van der Waals surface area contributed by atoms with Crippen molar-refractivity contribution in [3.63, 3.8) is 0 Å². The van der Waals surface area contributed by atoms with Crippen LogP contribution in [0.4, 0.5) is 5.82 Å². The Bertz CT molecular complexity index is 1250. The van der Waals surface area contributed by atoms with Crippen LogP contribution in [0.3, 0.4) is 0 Å². The second-order valence-corrected chi connectivity index (χ2v) is 10.7. The van der Waals surface area contributed by atoms with E-state index in [0.717, 1.165) is 24.2 Å². The fraction of sp³-hybridized carbons (Fsp3) is 0.476. The summed E-state index contributed by atoms with van der Waals surface area (Å²) in [5, 5.41) is 13.3. The number of sulfonamides is 1. The summed E-state index contributed by atoms with van der Waals surface area (Å²) in [7, 11) is -3.63. The number of hydrogen-bond donors (Lipinski definition) is 2. The third-order valence-electron chi connectivity index (χ3n) is 6.73. The lowest BCUT2D eigenvalue weighted by molar-refractivity contribution is 0.206. The Morgan fingerprint density at radius 2 is 1.90 bits per heavy atom. The number of anilines is 1. The van der Waals surface area contributed by atoms with Crippen LogP contribution in [0.25, 0.3) is 11.2 Å². The van der Waals surface area contributed by atoms with Crippen molar-refractivity contribution in [3.05, 3.63) is 42.5 Å². The lowest BCUT2D eigenvalue weighted by atomic mass is 10.1. The number of nitrogens with zero attached hydrogens (tertiary/aromatic N) is 5. The SMILES string of the molecule is Cc1ccc(S(=O)(=O)N2[C@H]3[C@H](CO)C[C@H](n4cnc5c(NC6CC6)ncnc54)[C@H]32)cc1. The van der Waals surface area contributed by atoms with E-state index in [9.17, 15) is 13.5 Å². The smallest absolute Gasteiger partial charge is 0.243 e. The Labute approximate surface area is 180 Å². The molecule has 0 radical (unpaired) electrons. The van der Waals surface area contributed by atoms with Crippen molar-refractivity contribution in [3.8, 4) is 0 Å². The van der Waals surface area contributed by atoms with Gasteiger partial charge in [-0.2, -0.15) is 4.31 Å². The van der Waals surface area contributed by atoms with Crippen LogP contribution < -0.4 is 5.32 Å². The van der Waals surface area contributed by atoms with Crippen LogP contribution in [0.1, 0.15) is 30.9 Å². The summed E-state index contributed by atoms with van der Waals surface area (Å²) in [5.74, 6) is 0.609. The van der Waals surface area contributed by atoms with Crippen molar-refractivity contribution in [1.82, 2.24) is 23.8 Å². The molecule has 3 fully saturated rings. The largest absolute Gasteiger partial charge is 0.396 e. The zero-order valence-corrected chi connectivity index (χ0v) is 17.9. The molecule has 0 amide bonds. The summed E-state index contributed by atoms with van der Waals surface area (Å²) in [6.45, 7) is 1.88. The minimum Gasteiger partial charge on any atom is -0.396 e. The Balaban J connectivity index is 1.36. The summed E-state index contributed by atoms with van der Waals surface area (Å²) < 4.78 is 30.2. The normalized spacial score (nSPS) is 29.8. The van der Waals surface area contributed by atoms with Gasteiger partial charge in [-0.15, -0.1) is 0 Å².